The molecule has 0 bridgehead atoms. The van der Waals surface area contributed by atoms with E-state index in [9.17, 15) is 14.7 Å². The highest BCUT2D eigenvalue weighted by Crippen LogP contribution is 2.44. The molecule has 0 unspecified atom stereocenters. The fourth-order valence-corrected chi connectivity index (χ4v) is 2.63. The van der Waals surface area contributed by atoms with Gasteiger partial charge in [-0.05, 0) is 44.9 Å². The van der Waals surface area contributed by atoms with Gasteiger partial charge in [0.15, 0.2) is 5.92 Å². The average molecular weight is 286 g/mol. The molecule has 0 aromatic rings. The third-order valence-corrected chi connectivity index (χ3v) is 4.05. The minimum atomic E-state index is -1.35. The first-order valence-corrected chi connectivity index (χ1v) is 7.31. The van der Waals surface area contributed by atoms with Crippen LogP contribution in [-0.4, -0.2) is 35.9 Å². The van der Waals surface area contributed by atoms with Gasteiger partial charge in [0, 0.05) is 0 Å². The van der Waals surface area contributed by atoms with Crippen molar-refractivity contribution in [3.63, 3.8) is 0 Å². The molecule has 0 aromatic carbocycles. The summed E-state index contributed by atoms with van der Waals surface area (Å²) in [5, 5.41) is 10.8. The Hall–Kier alpha value is -1.10. The van der Waals surface area contributed by atoms with E-state index in [2.05, 4.69) is 13.8 Å². The molecule has 1 N–H and O–H groups in total. The summed E-state index contributed by atoms with van der Waals surface area (Å²) in [4.78, 5) is 24.1. The Bertz CT molecular complexity index is 333. The summed E-state index contributed by atoms with van der Waals surface area (Å²) in [6.07, 6.45) is 2.34. The number of hydrogen-bond donors (Lipinski definition) is 1. The van der Waals surface area contributed by atoms with Gasteiger partial charge in [-0.15, -0.1) is 0 Å². The molecule has 20 heavy (non-hydrogen) atoms. The molecule has 0 aliphatic heterocycles. The Morgan fingerprint density at radius 3 is 1.75 bits per heavy atom. The first-order valence-electron chi connectivity index (χ1n) is 7.31. The highest BCUT2D eigenvalue weighted by atomic mass is 16.6. The van der Waals surface area contributed by atoms with Crippen molar-refractivity contribution in [2.75, 3.05) is 13.2 Å². The molecule has 5 nitrogen and oxygen atoms in total. The van der Waals surface area contributed by atoms with Crippen LogP contribution in [0.5, 0.6) is 0 Å². The van der Waals surface area contributed by atoms with Crippen molar-refractivity contribution in [3.05, 3.63) is 0 Å². The van der Waals surface area contributed by atoms with E-state index in [0.717, 1.165) is 12.8 Å². The summed E-state index contributed by atoms with van der Waals surface area (Å²) in [5.74, 6) is -2.61. The number of hydrogen-bond acceptors (Lipinski definition) is 5. The standard InChI is InChI=1S/C15H26O5/c1-5-19-12(16)11(13(17)20-6-2)15(18)9-7-14(3,4)8-10-15/h11,18H,5-10H2,1-4H3. The predicted molar refractivity (Wildman–Crippen MR) is 74.0 cm³/mol. The van der Waals surface area contributed by atoms with Crippen molar-refractivity contribution in [2.24, 2.45) is 11.3 Å². The molecule has 0 atom stereocenters. The van der Waals surface area contributed by atoms with Crippen LogP contribution in [0.2, 0.25) is 0 Å². The fraction of sp³-hybridized carbons (Fsp3) is 0.867. The number of carbonyl (C=O) groups excluding carboxylic acids is 2. The molecule has 0 aromatic heterocycles. The maximum atomic E-state index is 12.0. The Labute approximate surface area is 120 Å². The zero-order valence-electron chi connectivity index (χ0n) is 12.9. The van der Waals surface area contributed by atoms with Crippen LogP contribution in [0.1, 0.15) is 53.4 Å². The lowest BCUT2D eigenvalue weighted by Crippen LogP contribution is -2.51. The van der Waals surface area contributed by atoms with E-state index in [-0.39, 0.29) is 18.6 Å². The number of carbonyl (C=O) groups is 2. The molecular formula is C15H26O5. The number of aliphatic hydroxyl groups is 1. The van der Waals surface area contributed by atoms with Crippen LogP contribution in [0.15, 0.2) is 0 Å². The largest absolute Gasteiger partial charge is 0.465 e. The summed E-state index contributed by atoms with van der Waals surface area (Å²) in [7, 11) is 0. The van der Waals surface area contributed by atoms with Gasteiger partial charge in [0.05, 0.1) is 18.8 Å². The number of ether oxygens (including phenoxy) is 2. The lowest BCUT2D eigenvalue weighted by atomic mass is 9.66. The van der Waals surface area contributed by atoms with Crippen LogP contribution in [-0.2, 0) is 19.1 Å². The first kappa shape index (κ1) is 17.0. The monoisotopic (exact) mass is 286 g/mol. The maximum Gasteiger partial charge on any atom is 0.323 e. The fourth-order valence-electron chi connectivity index (χ4n) is 2.63. The van der Waals surface area contributed by atoms with Crippen LogP contribution in [0.3, 0.4) is 0 Å². The average Bonchev–Trinajstić information content (AvgIpc) is 2.34. The molecule has 116 valence electrons. The van der Waals surface area contributed by atoms with Crippen molar-refractivity contribution < 1.29 is 24.2 Å². The summed E-state index contributed by atoms with van der Waals surface area (Å²) in [6, 6.07) is 0. The van der Waals surface area contributed by atoms with Crippen molar-refractivity contribution in [1.82, 2.24) is 0 Å². The van der Waals surface area contributed by atoms with Gasteiger partial charge < -0.3 is 14.6 Å². The number of rotatable bonds is 5. The first-order chi connectivity index (χ1) is 9.25. The molecule has 0 heterocycles. The third kappa shape index (κ3) is 3.95. The molecule has 5 heteroatoms. The Balaban J connectivity index is 2.92. The van der Waals surface area contributed by atoms with E-state index >= 15 is 0 Å². The minimum Gasteiger partial charge on any atom is -0.465 e. The molecule has 0 spiro atoms. The summed E-state index contributed by atoms with van der Waals surface area (Å²) < 4.78 is 9.88. The van der Waals surface area contributed by atoms with Gasteiger partial charge in [-0.1, -0.05) is 13.8 Å². The zero-order valence-corrected chi connectivity index (χ0v) is 12.9. The van der Waals surface area contributed by atoms with Crippen molar-refractivity contribution in [3.8, 4) is 0 Å². The van der Waals surface area contributed by atoms with Crippen LogP contribution in [0, 0.1) is 11.3 Å². The minimum absolute atomic E-state index is 0.125. The summed E-state index contributed by atoms with van der Waals surface area (Å²) >= 11 is 0. The van der Waals surface area contributed by atoms with Crippen molar-refractivity contribution >= 4 is 11.9 Å². The molecule has 0 amide bonds. The molecule has 1 rings (SSSR count). The molecule has 1 aliphatic carbocycles. The normalized spacial score (nSPS) is 20.5. The Kier molecular flexibility index (Phi) is 5.57. The third-order valence-electron chi connectivity index (χ3n) is 4.05. The topological polar surface area (TPSA) is 72.8 Å². The molecule has 1 saturated carbocycles. The van der Waals surface area contributed by atoms with Gasteiger partial charge in [0.1, 0.15) is 0 Å². The van der Waals surface area contributed by atoms with Crippen LogP contribution < -0.4 is 0 Å². The van der Waals surface area contributed by atoms with E-state index in [4.69, 9.17) is 9.47 Å². The van der Waals surface area contributed by atoms with Crippen molar-refractivity contribution in [1.29, 1.82) is 0 Å². The second-order valence-corrected chi connectivity index (χ2v) is 6.20. The van der Waals surface area contributed by atoms with E-state index < -0.39 is 23.5 Å². The van der Waals surface area contributed by atoms with Gasteiger partial charge in [-0.25, -0.2) is 0 Å². The van der Waals surface area contributed by atoms with Gasteiger partial charge in [-0.2, -0.15) is 0 Å². The van der Waals surface area contributed by atoms with Crippen LogP contribution >= 0.6 is 0 Å². The summed E-state index contributed by atoms with van der Waals surface area (Å²) in [6.45, 7) is 7.95. The van der Waals surface area contributed by atoms with Gasteiger partial charge in [0.25, 0.3) is 0 Å². The highest BCUT2D eigenvalue weighted by molar-refractivity contribution is 5.96. The molecule has 1 aliphatic rings. The Morgan fingerprint density at radius 2 is 1.40 bits per heavy atom. The second-order valence-electron chi connectivity index (χ2n) is 6.20. The zero-order chi connectivity index (χ0) is 15.4. The lowest BCUT2D eigenvalue weighted by Gasteiger charge is -2.42. The maximum absolute atomic E-state index is 12.0. The summed E-state index contributed by atoms with van der Waals surface area (Å²) in [5.41, 5.74) is -1.23. The van der Waals surface area contributed by atoms with E-state index in [1.54, 1.807) is 13.8 Å². The number of esters is 2. The van der Waals surface area contributed by atoms with E-state index in [1.165, 1.54) is 0 Å². The highest BCUT2D eigenvalue weighted by Gasteiger charge is 2.51. The van der Waals surface area contributed by atoms with Gasteiger partial charge in [-0.3, -0.25) is 9.59 Å². The van der Waals surface area contributed by atoms with E-state index in [0.29, 0.717) is 12.8 Å². The van der Waals surface area contributed by atoms with Crippen LogP contribution in [0.4, 0.5) is 0 Å². The van der Waals surface area contributed by atoms with Crippen LogP contribution in [0.25, 0.3) is 0 Å². The van der Waals surface area contributed by atoms with Gasteiger partial charge in [0.2, 0.25) is 0 Å². The molecule has 1 fully saturated rings. The van der Waals surface area contributed by atoms with Crippen molar-refractivity contribution in [2.45, 2.75) is 59.0 Å². The smallest absolute Gasteiger partial charge is 0.323 e. The SMILES string of the molecule is CCOC(=O)C(C(=O)OCC)C1(O)CCC(C)(C)CC1. The Morgan fingerprint density at radius 1 is 1.00 bits per heavy atom. The second kappa shape index (κ2) is 6.57. The van der Waals surface area contributed by atoms with E-state index in [1.807, 2.05) is 0 Å². The molecular weight excluding hydrogens is 260 g/mol. The molecule has 0 saturated heterocycles. The quantitative estimate of drug-likeness (QED) is 0.618. The predicted octanol–water partition coefficient (Wildman–Crippen LogP) is 2.06. The lowest BCUT2D eigenvalue weighted by molar-refractivity contribution is -0.179. The molecule has 0 radical (unpaired) electrons. The van der Waals surface area contributed by atoms with Gasteiger partial charge >= 0.3 is 11.9 Å².